The van der Waals surface area contributed by atoms with Crippen molar-refractivity contribution in [2.24, 2.45) is 0 Å². The molecule has 23 heavy (non-hydrogen) atoms. The lowest BCUT2D eigenvalue weighted by molar-refractivity contribution is 0.0919. The molecule has 0 saturated carbocycles. The van der Waals surface area contributed by atoms with Gasteiger partial charge in [-0.25, -0.2) is 4.68 Å². The van der Waals surface area contributed by atoms with Crippen LogP contribution in [0.15, 0.2) is 16.9 Å². The first kappa shape index (κ1) is 15.4. The lowest BCUT2D eigenvalue weighted by Gasteiger charge is -2.24. The van der Waals surface area contributed by atoms with Crippen LogP contribution in [-0.2, 0) is 19.5 Å². The molecule has 3 heterocycles. The van der Waals surface area contributed by atoms with Crippen LogP contribution in [0.2, 0.25) is 0 Å². The first-order valence-corrected chi connectivity index (χ1v) is 7.86. The van der Waals surface area contributed by atoms with Gasteiger partial charge in [-0.2, -0.15) is 5.10 Å². The molecule has 0 saturated heterocycles. The molecule has 1 aliphatic heterocycles. The first-order chi connectivity index (χ1) is 11.1. The van der Waals surface area contributed by atoms with Crippen molar-refractivity contribution in [1.82, 2.24) is 29.9 Å². The van der Waals surface area contributed by atoms with Crippen LogP contribution in [0.1, 0.15) is 41.9 Å². The van der Waals surface area contributed by atoms with Gasteiger partial charge in [-0.3, -0.25) is 9.59 Å². The summed E-state index contributed by atoms with van der Waals surface area (Å²) in [5.41, 5.74) is 0.0788. The van der Waals surface area contributed by atoms with E-state index in [0.29, 0.717) is 13.1 Å². The molecule has 0 spiro atoms. The summed E-state index contributed by atoms with van der Waals surface area (Å²) in [6.07, 6.45) is 2.39. The van der Waals surface area contributed by atoms with Gasteiger partial charge in [-0.1, -0.05) is 6.92 Å². The Hall–Kier alpha value is -2.51. The summed E-state index contributed by atoms with van der Waals surface area (Å²) in [5, 5.41) is 15.3. The zero-order valence-electron chi connectivity index (χ0n) is 13.3. The molecule has 0 fully saturated rings. The van der Waals surface area contributed by atoms with Crippen molar-refractivity contribution in [2.75, 3.05) is 0 Å². The second kappa shape index (κ2) is 6.31. The second-order valence-electron chi connectivity index (χ2n) is 5.76. The Bertz CT molecular complexity index is 779. The van der Waals surface area contributed by atoms with Crippen LogP contribution in [-0.4, -0.2) is 36.5 Å². The number of aryl methyl sites for hydroxylation is 3. The minimum absolute atomic E-state index is 0.0121. The fourth-order valence-corrected chi connectivity index (χ4v) is 2.78. The van der Waals surface area contributed by atoms with E-state index in [1.54, 1.807) is 0 Å². The van der Waals surface area contributed by atoms with Crippen molar-refractivity contribution < 1.29 is 4.79 Å². The number of carbonyl (C=O) groups excluding carboxylic acids is 1. The van der Waals surface area contributed by atoms with Gasteiger partial charge in [0.25, 0.3) is 11.5 Å². The minimum atomic E-state index is -0.256. The van der Waals surface area contributed by atoms with Crippen LogP contribution >= 0.6 is 0 Å². The van der Waals surface area contributed by atoms with Crippen LogP contribution in [0.3, 0.4) is 0 Å². The lowest BCUT2D eigenvalue weighted by Crippen LogP contribution is -2.42. The largest absolute Gasteiger partial charge is 0.346 e. The average molecular weight is 316 g/mol. The molecule has 0 bridgehead atoms. The number of aromatic nitrogens is 5. The zero-order valence-corrected chi connectivity index (χ0v) is 13.3. The molecule has 8 heteroatoms. The molecule has 1 aliphatic rings. The smallest absolute Gasteiger partial charge is 0.272 e. The molecule has 2 aromatic rings. The molecule has 0 aliphatic carbocycles. The quantitative estimate of drug-likeness (QED) is 0.875. The van der Waals surface area contributed by atoms with E-state index in [1.807, 2.05) is 18.4 Å². The van der Waals surface area contributed by atoms with E-state index in [0.717, 1.165) is 30.9 Å². The van der Waals surface area contributed by atoms with Crippen molar-refractivity contribution in [1.29, 1.82) is 0 Å². The highest BCUT2D eigenvalue weighted by molar-refractivity contribution is 5.92. The fourth-order valence-electron chi connectivity index (χ4n) is 2.78. The number of nitrogens with zero attached hydrogens (tertiary/aromatic N) is 5. The van der Waals surface area contributed by atoms with Gasteiger partial charge in [0.2, 0.25) is 0 Å². The van der Waals surface area contributed by atoms with E-state index in [2.05, 4.69) is 20.6 Å². The maximum absolute atomic E-state index is 12.4. The summed E-state index contributed by atoms with van der Waals surface area (Å²) in [5.74, 6) is 1.56. The predicted octanol–water partition coefficient (Wildman–Crippen LogP) is 0.298. The van der Waals surface area contributed by atoms with Gasteiger partial charge in [0.1, 0.15) is 17.3 Å². The summed E-state index contributed by atoms with van der Waals surface area (Å²) in [6.45, 7) is 5.03. The normalized spacial score (nSPS) is 16.9. The molecule has 3 rings (SSSR count). The van der Waals surface area contributed by atoms with Crippen LogP contribution in [0.4, 0.5) is 0 Å². The number of fused-ring (bicyclic) bond motifs is 1. The topological polar surface area (TPSA) is 94.7 Å². The third-order valence-electron chi connectivity index (χ3n) is 4.00. The van der Waals surface area contributed by atoms with Crippen molar-refractivity contribution in [3.05, 3.63) is 39.8 Å². The molecular weight excluding hydrogens is 296 g/mol. The van der Waals surface area contributed by atoms with Crippen LogP contribution in [0, 0.1) is 6.92 Å². The summed E-state index contributed by atoms with van der Waals surface area (Å²) in [7, 11) is 0. The maximum atomic E-state index is 12.4. The standard InChI is InChI=1S/C15H20N6O2/c1-3-8-21-14(22)7-5-12(19-21)15(23)16-11-4-6-13-18-17-10(2)20(13)9-11/h5,7,11H,3-4,6,8-9H2,1-2H3,(H,16,23)/t11-/m1/s1. The van der Waals surface area contributed by atoms with Gasteiger partial charge in [0.15, 0.2) is 0 Å². The Morgan fingerprint density at radius 3 is 3.00 bits per heavy atom. The molecule has 1 N–H and O–H groups in total. The summed E-state index contributed by atoms with van der Waals surface area (Å²) in [6, 6.07) is 2.88. The Balaban J connectivity index is 1.71. The van der Waals surface area contributed by atoms with E-state index >= 15 is 0 Å². The van der Waals surface area contributed by atoms with E-state index in [-0.39, 0.29) is 23.2 Å². The van der Waals surface area contributed by atoms with Crippen LogP contribution in [0.5, 0.6) is 0 Å². The van der Waals surface area contributed by atoms with Gasteiger partial charge in [-0.05, 0) is 25.8 Å². The molecule has 1 amide bonds. The van der Waals surface area contributed by atoms with Gasteiger partial charge >= 0.3 is 0 Å². The Kier molecular flexibility index (Phi) is 4.22. The number of rotatable bonds is 4. The van der Waals surface area contributed by atoms with Crippen LogP contribution in [0.25, 0.3) is 0 Å². The Morgan fingerprint density at radius 1 is 1.39 bits per heavy atom. The van der Waals surface area contributed by atoms with Gasteiger partial charge in [-0.15, -0.1) is 10.2 Å². The molecule has 2 aromatic heterocycles. The van der Waals surface area contributed by atoms with E-state index in [1.165, 1.54) is 16.8 Å². The van der Waals surface area contributed by atoms with Crippen molar-refractivity contribution >= 4 is 5.91 Å². The Morgan fingerprint density at radius 2 is 2.22 bits per heavy atom. The SMILES string of the molecule is CCCn1nc(C(=O)N[C@@H]2CCc3nnc(C)n3C2)ccc1=O. The second-order valence-corrected chi connectivity index (χ2v) is 5.76. The molecule has 122 valence electrons. The highest BCUT2D eigenvalue weighted by atomic mass is 16.2. The van der Waals surface area contributed by atoms with E-state index in [4.69, 9.17) is 0 Å². The lowest BCUT2D eigenvalue weighted by atomic mass is 10.1. The number of nitrogens with one attached hydrogen (secondary N) is 1. The van der Waals surface area contributed by atoms with Crippen LogP contribution < -0.4 is 10.9 Å². The van der Waals surface area contributed by atoms with E-state index in [9.17, 15) is 9.59 Å². The van der Waals surface area contributed by atoms with Crippen molar-refractivity contribution in [2.45, 2.75) is 52.2 Å². The number of amides is 1. The summed E-state index contributed by atoms with van der Waals surface area (Å²) < 4.78 is 3.36. The third-order valence-corrected chi connectivity index (χ3v) is 4.00. The molecular formula is C15H20N6O2. The van der Waals surface area contributed by atoms with Crippen molar-refractivity contribution in [3.63, 3.8) is 0 Å². The highest BCUT2D eigenvalue weighted by Gasteiger charge is 2.23. The number of hydrogen-bond acceptors (Lipinski definition) is 5. The van der Waals surface area contributed by atoms with Gasteiger partial charge in [0.05, 0.1) is 0 Å². The summed E-state index contributed by atoms with van der Waals surface area (Å²) in [4.78, 5) is 24.1. The fraction of sp³-hybridized carbons (Fsp3) is 0.533. The number of carbonyl (C=O) groups is 1. The number of hydrogen-bond donors (Lipinski definition) is 1. The van der Waals surface area contributed by atoms with Crippen molar-refractivity contribution in [3.8, 4) is 0 Å². The monoisotopic (exact) mass is 316 g/mol. The Labute approximate surface area is 133 Å². The molecule has 8 nitrogen and oxygen atoms in total. The van der Waals surface area contributed by atoms with Gasteiger partial charge < -0.3 is 9.88 Å². The molecule has 0 radical (unpaired) electrons. The zero-order chi connectivity index (χ0) is 16.4. The van der Waals surface area contributed by atoms with Gasteiger partial charge in [0, 0.05) is 31.6 Å². The third kappa shape index (κ3) is 3.15. The molecule has 0 aromatic carbocycles. The summed E-state index contributed by atoms with van der Waals surface area (Å²) >= 11 is 0. The van der Waals surface area contributed by atoms with E-state index < -0.39 is 0 Å². The highest BCUT2D eigenvalue weighted by Crippen LogP contribution is 2.14. The molecule has 0 unspecified atom stereocenters. The predicted molar refractivity (Wildman–Crippen MR) is 83.1 cm³/mol. The average Bonchev–Trinajstić information content (AvgIpc) is 2.91. The maximum Gasteiger partial charge on any atom is 0.272 e. The first-order valence-electron chi connectivity index (χ1n) is 7.86. The minimum Gasteiger partial charge on any atom is -0.346 e. The molecule has 1 atom stereocenters.